The predicted molar refractivity (Wildman–Crippen MR) is 125 cm³/mol. The molecule has 1 unspecified atom stereocenters. The van der Waals surface area contributed by atoms with Gasteiger partial charge in [0.25, 0.3) is 0 Å². The molecule has 4 rings (SSSR count). The Morgan fingerprint density at radius 1 is 1.40 bits per heavy atom. The number of ether oxygens (including phenoxy) is 2. The van der Waals surface area contributed by atoms with E-state index < -0.39 is 29.4 Å². The number of likely N-dealkylation sites (tertiary alicyclic amines) is 1. The Balaban J connectivity index is 1.42. The van der Waals surface area contributed by atoms with Gasteiger partial charge in [-0.25, -0.2) is 0 Å². The highest BCUT2D eigenvalue weighted by atomic mass is 32.1. The molecule has 7 nitrogen and oxygen atoms in total. The lowest BCUT2D eigenvalue weighted by atomic mass is 9.81. The third-order valence-electron chi connectivity index (χ3n) is 7.00. The SMILES string of the molecule is CCOCCC(O)Cn1cc(CN2CC[C@]3(C[C@@H]2C)OCCc2c3sc(C(F)(F)F)c2CO)cn1. The number of aliphatic hydroxyl groups is 2. The number of rotatable bonds is 9. The van der Waals surface area contributed by atoms with E-state index in [1.165, 1.54) is 0 Å². The molecule has 2 aromatic heterocycles. The minimum Gasteiger partial charge on any atom is -0.392 e. The van der Waals surface area contributed by atoms with Crippen LogP contribution in [0.15, 0.2) is 12.4 Å². The Morgan fingerprint density at radius 3 is 2.89 bits per heavy atom. The summed E-state index contributed by atoms with van der Waals surface area (Å²) in [6.45, 7) is 6.62. The van der Waals surface area contributed by atoms with Gasteiger partial charge < -0.3 is 19.7 Å². The third kappa shape index (κ3) is 5.75. The number of fused-ring (bicyclic) bond motifs is 2. The van der Waals surface area contributed by atoms with E-state index in [0.717, 1.165) is 16.9 Å². The molecule has 0 aromatic carbocycles. The van der Waals surface area contributed by atoms with Crippen LogP contribution in [-0.2, 0) is 47.4 Å². The average molecular weight is 518 g/mol. The Labute approximate surface area is 207 Å². The van der Waals surface area contributed by atoms with Gasteiger partial charge in [0.2, 0.25) is 0 Å². The van der Waals surface area contributed by atoms with Crippen LogP contribution in [0.5, 0.6) is 0 Å². The fourth-order valence-corrected chi connectivity index (χ4v) is 6.67. The van der Waals surface area contributed by atoms with E-state index in [-0.39, 0.29) is 11.6 Å². The van der Waals surface area contributed by atoms with Crippen molar-refractivity contribution in [1.82, 2.24) is 14.7 Å². The summed E-state index contributed by atoms with van der Waals surface area (Å²) < 4.78 is 54.1. The van der Waals surface area contributed by atoms with E-state index in [1.807, 2.05) is 13.1 Å². The molecule has 1 spiro atoms. The number of alkyl halides is 3. The molecule has 2 aliphatic heterocycles. The minimum absolute atomic E-state index is 0.0196. The monoisotopic (exact) mass is 517 g/mol. The van der Waals surface area contributed by atoms with Crippen molar-refractivity contribution in [1.29, 1.82) is 0 Å². The molecule has 1 saturated heterocycles. The first kappa shape index (κ1) is 26.6. The maximum absolute atomic E-state index is 13.6. The van der Waals surface area contributed by atoms with E-state index in [4.69, 9.17) is 9.47 Å². The van der Waals surface area contributed by atoms with Crippen molar-refractivity contribution in [3.63, 3.8) is 0 Å². The first-order valence-corrected chi connectivity index (χ1v) is 13.0. The molecule has 196 valence electrons. The van der Waals surface area contributed by atoms with Gasteiger partial charge in [0.1, 0.15) is 10.5 Å². The Hall–Kier alpha value is -1.50. The molecule has 3 atom stereocenters. The number of thiophene rings is 1. The second kappa shape index (κ2) is 10.9. The number of aromatic nitrogens is 2. The zero-order chi connectivity index (χ0) is 25.2. The van der Waals surface area contributed by atoms with Crippen molar-refractivity contribution < 1.29 is 32.9 Å². The average Bonchev–Trinajstić information content (AvgIpc) is 3.41. The second-order valence-corrected chi connectivity index (χ2v) is 10.5. The van der Waals surface area contributed by atoms with Gasteiger partial charge in [-0.2, -0.15) is 18.3 Å². The highest BCUT2D eigenvalue weighted by Gasteiger charge is 2.48. The molecule has 4 heterocycles. The van der Waals surface area contributed by atoms with Crippen molar-refractivity contribution >= 4 is 11.3 Å². The third-order valence-corrected chi connectivity index (χ3v) is 8.50. The highest BCUT2D eigenvalue weighted by Crippen LogP contribution is 2.51. The zero-order valence-electron chi connectivity index (χ0n) is 20.2. The van der Waals surface area contributed by atoms with E-state index in [0.29, 0.717) is 75.6 Å². The van der Waals surface area contributed by atoms with E-state index in [1.54, 1.807) is 10.9 Å². The van der Waals surface area contributed by atoms with Crippen molar-refractivity contribution in [3.05, 3.63) is 38.8 Å². The maximum atomic E-state index is 13.6. The summed E-state index contributed by atoms with van der Waals surface area (Å²) in [4.78, 5) is 2.24. The van der Waals surface area contributed by atoms with Crippen molar-refractivity contribution in [2.24, 2.45) is 0 Å². The Kier molecular flexibility index (Phi) is 8.24. The summed E-state index contributed by atoms with van der Waals surface area (Å²) >= 11 is 0.748. The van der Waals surface area contributed by atoms with E-state index in [9.17, 15) is 23.4 Å². The Morgan fingerprint density at radius 2 is 2.20 bits per heavy atom. The molecule has 0 saturated carbocycles. The molecule has 0 bridgehead atoms. The van der Waals surface area contributed by atoms with Crippen LogP contribution in [0.25, 0.3) is 0 Å². The van der Waals surface area contributed by atoms with Crippen LogP contribution in [0.4, 0.5) is 13.2 Å². The number of piperidine rings is 1. The van der Waals surface area contributed by atoms with Gasteiger partial charge in [0.05, 0.1) is 32.1 Å². The Bertz CT molecular complexity index is 995. The summed E-state index contributed by atoms with van der Waals surface area (Å²) in [7, 11) is 0. The van der Waals surface area contributed by atoms with Gasteiger partial charge in [0, 0.05) is 54.5 Å². The first-order valence-electron chi connectivity index (χ1n) is 12.1. The number of hydrogen-bond acceptors (Lipinski definition) is 7. The lowest BCUT2D eigenvalue weighted by Gasteiger charge is -2.47. The molecule has 2 aliphatic rings. The number of halogens is 3. The molecular formula is C24H34F3N3O4S. The van der Waals surface area contributed by atoms with Gasteiger partial charge in [-0.15, -0.1) is 11.3 Å². The lowest BCUT2D eigenvalue weighted by molar-refractivity contribution is -0.135. The molecule has 11 heteroatoms. The molecule has 0 amide bonds. The van der Waals surface area contributed by atoms with Gasteiger partial charge in [-0.1, -0.05) is 0 Å². The van der Waals surface area contributed by atoms with Gasteiger partial charge in [0.15, 0.2) is 0 Å². The van der Waals surface area contributed by atoms with Crippen molar-refractivity contribution in [2.75, 3.05) is 26.4 Å². The summed E-state index contributed by atoms with van der Waals surface area (Å²) in [5.74, 6) is 0. The standard InChI is InChI=1S/C24H34F3N3O4S/c1-3-33-8-4-18(32)14-30-13-17(11-28-30)12-29-7-6-23(10-16(29)2)21-19(5-9-34-23)20(15-31)22(35-21)24(25,26)27/h11,13,16,18,31-32H,3-10,12,14-15H2,1-2H3/t16-,18?,23+/m0/s1. The van der Waals surface area contributed by atoms with Gasteiger partial charge in [-0.3, -0.25) is 9.58 Å². The summed E-state index contributed by atoms with van der Waals surface area (Å²) in [5.41, 5.74) is 0.927. The van der Waals surface area contributed by atoms with Crippen LogP contribution < -0.4 is 0 Å². The molecule has 2 N–H and O–H groups in total. The molecule has 1 fully saturated rings. The van der Waals surface area contributed by atoms with E-state index >= 15 is 0 Å². The number of nitrogens with zero attached hydrogens (tertiary/aromatic N) is 3. The normalized spacial score (nSPS) is 24.1. The molecule has 2 aromatic rings. The van der Waals surface area contributed by atoms with Gasteiger partial charge >= 0.3 is 6.18 Å². The van der Waals surface area contributed by atoms with Crippen LogP contribution in [-0.4, -0.2) is 63.4 Å². The summed E-state index contributed by atoms with van der Waals surface area (Å²) in [6.07, 6.45) is 0.842. The quantitative estimate of drug-likeness (QED) is 0.494. The summed E-state index contributed by atoms with van der Waals surface area (Å²) in [5, 5.41) is 24.2. The maximum Gasteiger partial charge on any atom is 0.425 e. The highest BCUT2D eigenvalue weighted by molar-refractivity contribution is 7.12. The number of hydrogen-bond donors (Lipinski definition) is 2. The molecule has 0 aliphatic carbocycles. The number of aliphatic hydroxyl groups excluding tert-OH is 2. The first-order chi connectivity index (χ1) is 16.7. The topological polar surface area (TPSA) is 80.0 Å². The molecule has 0 radical (unpaired) electrons. The zero-order valence-corrected chi connectivity index (χ0v) is 21.0. The van der Waals surface area contributed by atoms with Crippen LogP contribution >= 0.6 is 11.3 Å². The summed E-state index contributed by atoms with van der Waals surface area (Å²) in [6, 6.07) is 0.0869. The second-order valence-electron chi connectivity index (χ2n) is 9.45. The smallest absolute Gasteiger partial charge is 0.392 e. The minimum atomic E-state index is -4.48. The van der Waals surface area contributed by atoms with Crippen LogP contribution in [0.3, 0.4) is 0 Å². The predicted octanol–water partition coefficient (Wildman–Crippen LogP) is 3.70. The van der Waals surface area contributed by atoms with Crippen molar-refractivity contribution in [2.45, 2.75) is 83.2 Å². The fourth-order valence-electron chi connectivity index (χ4n) is 5.26. The van der Waals surface area contributed by atoms with E-state index in [2.05, 4.69) is 16.9 Å². The van der Waals surface area contributed by atoms with Crippen LogP contribution in [0.1, 0.15) is 59.6 Å². The lowest BCUT2D eigenvalue weighted by Crippen LogP contribution is -2.50. The fraction of sp³-hybridized carbons (Fsp3) is 0.708. The van der Waals surface area contributed by atoms with Crippen LogP contribution in [0, 0.1) is 0 Å². The molecule has 35 heavy (non-hydrogen) atoms. The van der Waals surface area contributed by atoms with Crippen molar-refractivity contribution in [3.8, 4) is 0 Å². The molecular weight excluding hydrogens is 483 g/mol. The van der Waals surface area contributed by atoms with Gasteiger partial charge in [-0.05, 0) is 45.1 Å². The van der Waals surface area contributed by atoms with Crippen LogP contribution in [0.2, 0.25) is 0 Å². The largest absolute Gasteiger partial charge is 0.425 e.